The molecule has 0 spiro atoms. The van der Waals surface area contributed by atoms with Gasteiger partial charge in [-0.25, -0.2) is 0 Å². The Balaban J connectivity index is 2.01. The van der Waals surface area contributed by atoms with Gasteiger partial charge in [0.05, 0.1) is 7.11 Å². The number of anilines is 2. The number of hydrogen-bond donors (Lipinski definition) is 2. The van der Waals surface area contributed by atoms with Gasteiger partial charge < -0.3 is 15.4 Å². The highest BCUT2D eigenvalue weighted by Crippen LogP contribution is 2.23. The molecule has 4 nitrogen and oxygen atoms in total. The zero-order valence-electron chi connectivity index (χ0n) is 12.8. The Bertz CT molecular complexity index is 656. The second-order valence-corrected chi connectivity index (χ2v) is 5.40. The molecule has 1 unspecified atom stereocenters. The maximum Gasteiger partial charge on any atom is 0.246 e. The van der Waals surface area contributed by atoms with E-state index in [1.54, 1.807) is 20.1 Å². The van der Waals surface area contributed by atoms with Crippen molar-refractivity contribution in [1.82, 2.24) is 0 Å². The van der Waals surface area contributed by atoms with Crippen molar-refractivity contribution in [3.8, 4) is 5.75 Å². The lowest BCUT2D eigenvalue weighted by Gasteiger charge is -2.17. The van der Waals surface area contributed by atoms with Gasteiger partial charge in [0.2, 0.25) is 5.91 Å². The Morgan fingerprint density at radius 1 is 1.18 bits per heavy atom. The molecule has 2 aromatic rings. The van der Waals surface area contributed by atoms with Crippen LogP contribution in [0.25, 0.3) is 0 Å². The molecule has 0 radical (unpaired) electrons. The Morgan fingerprint density at radius 2 is 1.86 bits per heavy atom. The molecule has 0 bridgehead atoms. The largest absolute Gasteiger partial charge is 0.497 e. The molecular weight excluding hydrogens is 300 g/mol. The standard InChI is InChI=1S/C17H19ClN2O2/c1-11-15(18)5-4-6-16(11)20-17(21)12(2)19-13-7-9-14(22-3)10-8-13/h4-10,12,19H,1-3H3,(H,20,21). The smallest absolute Gasteiger partial charge is 0.246 e. The van der Waals surface area contributed by atoms with Crippen molar-refractivity contribution in [1.29, 1.82) is 0 Å². The number of amides is 1. The Morgan fingerprint density at radius 3 is 2.50 bits per heavy atom. The van der Waals surface area contributed by atoms with Gasteiger partial charge in [-0.05, 0) is 55.8 Å². The van der Waals surface area contributed by atoms with Crippen LogP contribution in [-0.2, 0) is 4.79 Å². The van der Waals surface area contributed by atoms with E-state index in [9.17, 15) is 4.79 Å². The van der Waals surface area contributed by atoms with Crippen molar-refractivity contribution in [2.45, 2.75) is 19.9 Å². The third-order valence-electron chi connectivity index (χ3n) is 3.39. The number of rotatable bonds is 5. The molecule has 0 fully saturated rings. The predicted molar refractivity (Wildman–Crippen MR) is 90.9 cm³/mol. The summed E-state index contributed by atoms with van der Waals surface area (Å²) in [5, 5.41) is 6.66. The monoisotopic (exact) mass is 318 g/mol. The average Bonchev–Trinajstić information content (AvgIpc) is 2.52. The molecule has 0 heterocycles. The van der Waals surface area contributed by atoms with Crippen LogP contribution in [0.5, 0.6) is 5.75 Å². The summed E-state index contributed by atoms with van der Waals surface area (Å²) in [7, 11) is 1.62. The summed E-state index contributed by atoms with van der Waals surface area (Å²) >= 11 is 6.06. The minimum atomic E-state index is -0.383. The number of hydrogen-bond acceptors (Lipinski definition) is 3. The van der Waals surface area contributed by atoms with Gasteiger partial charge >= 0.3 is 0 Å². The summed E-state index contributed by atoms with van der Waals surface area (Å²) in [5.74, 6) is 0.651. The molecule has 0 aliphatic carbocycles. The summed E-state index contributed by atoms with van der Waals surface area (Å²) in [6, 6.07) is 12.5. The van der Waals surface area contributed by atoms with Gasteiger partial charge in [-0.1, -0.05) is 17.7 Å². The van der Waals surface area contributed by atoms with Crippen LogP contribution < -0.4 is 15.4 Å². The van der Waals surface area contributed by atoms with Crippen LogP contribution in [-0.4, -0.2) is 19.1 Å². The molecule has 1 atom stereocenters. The topological polar surface area (TPSA) is 50.4 Å². The molecular formula is C17H19ClN2O2. The van der Waals surface area contributed by atoms with Gasteiger partial charge in [0, 0.05) is 16.4 Å². The normalized spacial score (nSPS) is 11.6. The summed E-state index contributed by atoms with van der Waals surface area (Å²) in [4.78, 5) is 12.3. The molecule has 2 aromatic carbocycles. The van der Waals surface area contributed by atoms with E-state index < -0.39 is 0 Å². The van der Waals surface area contributed by atoms with Gasteiger partial charge in [0.1, 0.15) is 11.8 Å². The predicted octanol–water partition coefficient (Wildman–Crippen LogP) is 4.10. The number of ether oxygens (including phenoxy) is 1. The van der Waals surface area contributed by atoms with Crippen LogP contribution in [0, 0.1) is 6.92 Å². The Hall–Kier alpha value is -2.20. The van der Waals surface area contributed by atoms with Crippen molar-refractivity contribution in [2.24, 2.45) is 0 Å². The first kappa shape index (κ1) is 16.2. The maximum absolute atomic E-state index is 12.3. The third-order valence-corrected chi connectivity index (χ3v) is 3.80. The number of nitrogens with one attached hydrogen (secondary N) is 2. The van der Waals surface area contributed by atoms with Crippen LogP contribution in [0.4, 0.5) is 11.4 Å². The molecule has 22 heavy (non-hydrogen) atoms. The summed E-state index contributed by atoms with van der Waals surface area (Å²) in [6.45, 7) is 3.68. The Kier molecular flexibility index (Phi) is 5.28. The number of carbonyl (C=O) groups excluding carboxylic acids is 1. The van der Waals surface area contributed by atoms with E-state index in [1.807, 2.05) is 43.3 Å². The van der Waals surface area contributed by atoms with Gasteiger partial charge in [-0.3, -0.25) is 4.79 Å². The van der Waals surface area contributed by atoms with Crippen molar-refractivity contribution < 1.29 is 9.53 Å². The lowest BCUT2D eigenvalue weighted by molar-refractivity contribution is -0.116. The van der Waals surface area contributed by atoms with Gasteiger partial charge in [-0.15, -0.1) is 0 Å². The van der Waals surface area contributed by atoms with Gasteiger partial charge in [0.25, 0.3) is 0 Å². The van der Waals surface area contributed by atoms with Gasteiger partial charge in [0.15, 0.2) is 0 Å². The SMILES string of the molecule is COc1ccc(NC(C)C(=O)Nc2cccc(Cl)c2C)cc1. The summed E-state index contributed by atoms with van der Waals surface area (Å²) in [5.41, 5.74) is 2.43. The number of carbonyl (C=O) groups is 1. The van der Waals surface area contributed by atoms with Crippen LogP contribution in [0.3, 0.4) is 0 Å². The van der Waals surface area contributed by atoms with Crippen LogP contribution in [0.1, 0.15) is 12.5 Å². The molecule has 1 amide bonds. The zero-order valence-corrected chi connectivity index (χ0v) is 13.6. The van der Waals surface area contributed by atoms with Crippen molar-refractivity contribution in [2.75, 3.05) is 17.7 Å². The molecule has 0 saturated carbocycles. The van der Waals surface area contributed by atoms with E-state index in [1.165, 1.54) is 0 Å². The molecule has 0 aliphatic rings. The summed E-state index contributed by atoms with van der Waals surface area (Å²) in [6.07, 6.45) is 0. The number of benzene rings is 2. The highest BCUT2D eigenvalue weighted by atomic mass is 35.5. The Labute approximate surface area is 135 Å². The first-order chi connectivity index (χ1) is 10.5. The van der Waals surface area contributed by atoms with Crippen LogP contribution in [0.15, 0.2) is 42.5 Å². The fraction of sp³-hybridized carbons (Fsp3) is 0.235. The second kappa shape index (κ2) is 7.18. The quantitative estimate of drug-likeness (QED) is 0.872. The second-order valence-electron chi connectivity index (χ2n) is 5.00. The van der Waals surface area contributed by atoms with Gasteiger partial charge in [-0.2, -0.15) is 0 Å². The van der Waals surface area contributed by atoms with Crippen molar-refractivity contribution in [3.05, 3.63) is 53.1 Å². The molecule has 116 valence electrons. The van der Waals surface area contributed by atoms with Crippen molar-refractivity contribution >= 4 is 28.9 Å². The van der Waals surface area contributed by atoms with E-state index in [-0.39, 0.29) is 11.9 Å². The minimum Gasteiger partial charge on any atom is -0.497 e. The zero-order chi connectivity index (χ0) is 16.1. The summed E-state index contributed by atoms with van der Waals surface area (Å²) < 4.78 is 5.11. The fourth-order valence-electron chi connectivity index (χ4n) is 1.99. The first-order valence-corrected chi connectivity index (χ1v) is 7.35. The molecule has 0 aliphatic heterocycles. The van der Waals surface area contributed by atoms with E-state index in [0.717, 1.165) is 22.7 Å². The molecule has 5 heteroatoms. The average molecular weight is 319 g/mol. The van der Waals surface area contributed by atoms with Crippen LogP contribution >= 0.6 is 11.6 Å². The number of halogens is 1. The van der Waals surface area contributed by atoms with E-state index in [4.69, 9.17) is 16.3 Å². The molecule has 2 N–H and O–H groups in total. The minimum absolute atomic E-state index is 0.124. The highest BCUT2D eigenvalue weighted by molar-refractivity contribution is 6.31. The van der Waals surface area contributed by atoms with E-state index in [2.05, 4.69) is 10.6 Å². The first-order valence-electron chi connectivity index (χ1n) is 6.98. The van der Waals surface area contributed by atoms with E-state index >= 15 is 0 Å². The van der Waals surface area contributed by atoms with Crippen LogP contribution in [0.2, 0.25) is 5.02 Å². The fourth-order valence-corrected chi connectivity index (χ4v) is 2.16. The third kappa shape index (κ3) is 3.92. The number of methoxy groups -OCH3 is 1. The molecule has 0 saturated heterocycles. The maximum atomic E-state index is 12.3. The lowest BCUT2D eigenvalue weighted by Crippen LogP contribution is -2.32. The lowest BCUT2D eigenvalue weighted by atomic mass is 10.2. The molecule has 2 rings (SSSR count). The molecule has 0 aromatic heterocycles. The highest BCUT2D eigenvalue weighted by Gasteiger charge is 2.14. The van der Waals surface area contributed by atoms with E-state index in [0.29, 0.717) is 5.02 Å². The van der Waals surface area contributed by atoms with Crippen molar-refractivity contribution in [3.63, 3.8) is 0 Å².